The molecule has 0 aliphatic rings. The molecule has 0 aliphatic heterocycles. The van der Waals surface area contributed by atoms with Crippen molar-refractivity contribution < 1.29 is 80.2 Å². The highest BCUT2D eigenvalue weighted by Crippen LogP contribution is 2.45. The number of phosphoric acid groups is 2. The fourth-order valence-electron chi connectivity index (χ4n) is 10.7. The van der Waals surface area contributed by atoms with Gasteiger partial charge in [-0.05, 0) is 141 Å². The molecule has 0 rings (SSSR count). The summed E-state index contributed by atoms with van der Waals surface area (Å²) in [5.41, 5.74) is 0. The third kappa shape index (κ3) is 78.8. The number of aliphatic hydroxyl groups is 1. The molecule has 5 unspecified atom stereocenters. The SMILES string of the molecule is CC/C=C\C/C=C\C/C=C\C/C=C\C/C=C\C/C=C\CCC(=O)OCC(COP(=O)(O)OCC(O)COP(=O)(O)OCC(COC(=O)CCCCCCCC/C=C\C/C=C\C/C=C\CCCCC)OC(=O)CCCCCCCCCCCCC)OC(=O)CCCCCCCC/C=C\C/C=C\C/C=C\C/C=C\CC. The Morgan fingerprint density at radius 2 is 0.500 bits per heavy atom. The number of esters is 4. The molecule has 0 aromatic rings. The van der Waals surface area contributed by atoms with Crippen LogP contribution in [0.3, 0.4) is 0 Å². The molecule has 19 heteroatoms. The number of rotatable bonds is 77. The molecule has 0 saturated carbocycles. The van der Waals surface area contributed by atoms with Crippen LogP contribution in [-0.2, 0) is 65.4 Å². The molecule has 0 aromatic heterocycles. The van der Waals surface area contributed by atoms with Gasteiger partial charge in [0, 0.05) is 25.7 Å². The number of carbonyl (C=O) groups excluding carboxylic acids is 4. The summed E-state index contributed by atoms with van der Waals surface area (Å²) >= 11 is 0. The lowest BCUT2D eigenvalue weighted by Gasteiger charge is -2.21. The molecule has 108 heavy (non-hydrogen) atoms. The number of ether oxygens (including phenoxy) is 4. The second kappa shape index (κ2) is 79.8. The first-order chi connectivity index (χ1) is 52.7. The van der Waals surface area contributed by atoms with Crippen LogP contribution in [0.4, 0.5) is 0 Å². The van der Waals surface area contributed by atoms with Crippen molar-refractivity contribution in [2.45, 2.75) is 341 Å². The number of unbranched alkanes of at least 4 members (excludes halogenated alkanes) is 25. The van der Waals surface area contributed by atoms with E-state index in [1.807, 2.05) is 18.2 Å². The second-order valence-electron chi connectivity index (χ2n) is 27.3. The number of carbonyl (C=O) groups is 4. The van der Waals surface area contributed by atoms with Gasteiger partial charge in [-0.1, -0.05) is 314 Å². The molecule has 0 radical (unpaired) electrons. The molecule has 616 valence electrons. The van der Waals surface area contributed by atoms with Crippen LogP contribution >= 0.6 is 15.6 Å². The van der Waals surface area contributed by atoms with Crippen molar-refractivity contribution in [3.63, 3.8) is 0 Å². The molecule has 0 spiro atoms. The maximum Gasteiger partial charge on any atom is 0.472 e. The largest absolute Gasteiger partial charge is 0.472 e. The van der Waals surface area contributed by atoms with Crippen LogP contribution < -0.4 is 0 Å². The average molecular weight is 1550 g/mol. The van der Waals surface area contributed by atoms with Gasteiger partial charge in [-0.3, -0.25) is 37.3 Å². The van der Waals surface area contributed by atoms with E-state index in [0.29, 0.717) is 32.1 Å². The molecule has 0 fully saturated rings. The summed E-state index contributed by atoms with van der Waals surface area (Å²) in [7, 11) is -10.00. The van der Waals surface area contributed by atoms with Gasteiger partial charge in [0.25, 0.3) is 0 Å². The zero-order valence-corrected chi connectivity index (χ0v) is 69.3. The first-order valence-electron chi connectivity index (χ1n) is 41.7. The molecule has 0 bridgehead atoms. The van der Waals surface area contributed by atoms with Gasteiger partial charge in [0.2, 0.25) is 0 Å². The third-order valence-corrected chi connectivity index (χ3v) is 18.9. The van der Waals surface area contributed by atoms with E-state index in [-0.39, 0.29) is 25.7 Å². The van der Waals surface area contributed by atoms with E-state index in [1.54, 1.807) is 0 Å². The minimum Gasteiger partial charge on any atom is -0.462 e. The molecular weight excluding hydrogens is 1400 g/mol. The molecule has 5 atom stereocenters. The van der Waals surface area contributed by atoms with E-state index in [4.69, 9.17) is 37.0 Å². The van der Waals surface area contributed by atoms with E-state index < -0.39 is 97.5 Å². The smallest absolute Gasteiger partial charge is 0.462 e. The summed E-state index contributed by atoms with van der Waals surface area (Å²) in [4.78, 5) is 73.1. The Balaban J connectivity index is 5.43. The van der Waals surface area contributed by atoms with Crippen LogP contribution in [0.5, 0.6) is 0 Å². The maximum absolute atomic E-state index is 13.1. The zero-order valence-electron chi connectivity index (χ0n) is 67.5. The number of phosphoric ester groups is 2. The summed E-state index contributed by atoms with van der Waals surface area (Å²) < 4.78 is 68.6. The maximum atomic E-state index is 13.1. The lowest BCUT2D eigenvalue weighted by molar-refractivity contribution is -0.161. The molecule has 0 aliphatic carbocycles. The van der Waals surface area contributed by atoms with Gasteiger partial charge in [-0.25, -0.2) is 9.13 Å². The van der Waals surface area contributed by atoms with Gasteiger partial charge < -0.3 is 33.8 Å². The highest BCUT2D eigenvalue weighted by atomic mass is 31.2. The summed E-state index contributed by atoms with van der Waals surface area (Å²) in [6.45, 7) is 4.51. The second-order valence-corrected chi connectivity index (χ2v) is 30.2. The summed E-state index contributed by atoms with van der Waals surface area (Å²) in [6.07, 6.45) is 93.7. The quantitative estimate of drug-likeness (QED) is 0.0169. The molecule has 3 N–H and O–H groups in total. The fraction of sp³-hybridized carbons (Fsp3) is 0.663. The van der Waals surface area contributed by atoms with Gasteiger partial charge in [0.1, 0.15) is 19.3 Å². The van der Waals surface area contributed by atoms with Crippen molar-refractivity contribution in [3.8, 4) is 0 Å². The molecule has 17 nitrogen and oxygen atoms in total. The van der Waals surface area contributed by atoms with E-state index in [1.165, 1.54) is 57.8 Å². The topological polar surface area (TPSA) is 237 Å². The highest BCUT2D eigenvalue weighted by Gasteiger charge is 2.30. The Morgan fingerprint density at radius 1 is 0.269 bits per heavy atom. The average Bonchev–Trinajstić information content (AvgIpc) is 0.917. The fourth-order valence-corrected chi connectivity index (χ4v) is 12.3. The van der Waals surface area contributed by atoms with Crippen molar-refractivity contribution in [1.82, 2.24) is 0 Å². The van der Waals surface area contributed by atoms with Crippen molar-refractivity contribution >= 4 is 39.5 Å². The van der Waals surface area contributed by atoms with Gasteiger partial charge in [-0.15, -0.1) is 0 Å². The Morgan fingerprint density at radius 3 is 0.815 bits per heavy atom. The first-order valence-corrected chi connectivity index (χ1v) is 44.7. The standard InChI is InChI=1S/C89H148O17P2/c1-5-9-13-17-21-25-29-32-35-38-41-44-47-50-54-57-61-65-69-73-86(91)99-79-84(105-88(93)75-71-67-63-59-53-28-24-20-16-12-8-4)81-103-107(95,96)101-77-83(90)78-102-108(97,98)104-82-85(106-89(94)76-72-68-64-60-56-52-49-46-43-40-37-34-31-27-23-19-15-11-7-3)80-100-87(92)74-70-66-62-58-55-51-48-45-42-39-36-33-30-26-22-18-14-10-6-2/h10-11,14-15,21-23,25-27,32-37,41-46,51,55,62,66,83-85,90H,5-9,12-13,16-20,24,28-31,38-40,47-50,52-54,56-61,63-65,67-82H2,1-4H3,(H,95,96)(H,97,98)/b14-10-,15-11-,25-21-,26-22-,27-23-,35-32-,36-33-,37-34-,44-41-,45-42-,46-43-,55-51-,66-62-. The van der Waals surface area contributed by atoms with E-state index in [9.17, 15) is 43.2 Å². The van der Waals surface area contributed by atoms with Crippen LogP contribution in [0, 0.1) is 0 Å². The molecule has 0 heterocycles. The molecule has 0 aromatic carbocycles. The number of hydrogen-bond acceptors (Lipinski definition) is 15. The normalized spacial score (nSPS) is 14.6. The van der Waals surface area contributed by atoms with Gasteiger partial charge in [-0.2, -0.15) is 0 Å². The first kappa shape index (κ1) is 103. The summed E-state index contributed by atoms with van der Waals surface area (Å²) in [5.74, 6) is -2.30. The third-order valence-electron chi connectivity index (χ3n) is 17.0. The monoisotopic (exact) mass is 1550 g/mol. The molecular formula is C89H148O17P2. The van der Waals surface area contributed by atoms with Crippen molar-refractivity contribution in [3.05, 3.63) is 158 Å². The number of aliphatic hydroxyl groups excluding tert-OH is 1. The Labute approximate surface area is 655 Å². The minimum atomic E-state index is -5.01. The lowest BCUT2D eigenvalue weighted by Crippen LogP contribution is -2.30. The zero-order chi connectivity index (χ0) is 78.9. The number of allylic oxidation sites excluding steroid dienone is 26. The Kier molecular flexibility index (Phi) is 75.8. The van der Waals surface area contributed by atoms with Gasteiger partial charge in [0.15, 0.2) is 12.2 Å². The number of hydrogen-bond donors (Lipinski definition) is 3. The summed E-state index contributed by atoms with van der Waals surface area (Å²) in [6, 6.07) is 0. The minimum absolute atomic E-state index is 0.0280. The van der Waals surface area contributed by atoms with Crippen LogP contribution in [0.2, 0.25) is 0 Å². The predicted octanol–water partition coefficient (Wildman–Crippen LogP) is 24.8. The van der Waals surface area contributed by atoms with Crippen LogP contribution in [-0.4, -0.2) is 96.7 Å². The molecule has 0 amide bonds. The predicted molar refractivity (Wildman–Crippen MR) is 445 cm³/mol. The van der Waals surface area contributed by atoms with Crippen molar-refractivity contribution in [2.24, 2.45) is 0 Å². The van der Waals surface area contributed by atoms with E-state index in [2.05, 4.69) is 167 Å². The van der Waals surface area contributed by atoms with Crippen LogP contribution in [0.25, 0.3) is 0 Å². The van der Waals surface area contributed by atoms with E-state index in [0.717, 1.165) is 180 Å². The van der Waals surface area contributed by atoms with Gasteiger partial charge in [0.05, 0.1) is 26.4 Å². The van der Waals surface area contributed by atoms with Crippen LogP contribution in [0.15, 0.2) is 158 Å². The lowest BCUT2D eigenvalue weighted by atomic mass is 10.1. The Hall–Kier alpha value is -5.32. The van der Waals surface area contributed by atoms with Crippen LogP contribution in [0.1, 0.15) is 323 Å². The van der Waals surface area contributed by atoms with Gasteiger partial charge >= 0.3 is 39.5 Å². The summed E-state index contributed by atoms with van der Waals surface area (Å²) in [5, 5.41) is 10.7. The van der Waals surface area contributed by atoms with Crippen molar-refractivity contribution in [1.29, 1.82) is 0 Å². The Bertz CT molecular complexity index is 2660. The highest BCUT2D eigenvalue weighted by molar-refractivity contribution is 7.47. The van der Waals surface area contributed by atoms with E-state index >= 15 is 0 Å². The molecule has 0 saturated heterocycles. The van der Waals surface area contributed by atoms with Crippen molar-refractivity contribution in [2.75, 3.05) is 39.6 Å².